The first kappa shape index (κ1) is 109. The fraction of sp³-hybridized carbons (Fsp3) is 0.904. The molecule has 0 aromatic rings. The van der Waals surface area contributed by atoms with Crippen molar-refractivity contribution in [2.45, 2.75) is 422 Å². The smallest absolute Gasteiger partial charge is 0.364 e. The Hall–Kier alpha value is -4.48. The first-order valence-electron chi connectivity index (χ1n) is 44.4. The number of carboxylic acids is 2. The number of unbranched alkanes of at least 4 members (excludes halogenated alkanes) is 23. The van der Waals surface area contributed by atoms with E-state index >= 15 is 0 Å². The third-order valence-corrected chi connectivity index (χ3v) is 23.9. The molecule has 0 bridgehead atoms. The normalized spacial score (nSPS) is 35.5. The van der Waals surface area contributed by atoms with Crippen molar-refractivity contribution >= 4 is 35.4 Å². The Morgan fingerprint density at radius 1 is 0.440 bits per heavy atom. The molecular formula is C83H145N3O39. The van der Waals surface area contributed by atoms with Crippen molar-refractivity contribution in [3.8, 4) is 0 Å². The summed E-state index contributed by atoms with van der Waals surface area (Å²) in [5.74, 6) is -16.1. The van der Waals surface area contributed by atoms with E-state index in [1.165, 1.54) is 89.5 Å². The molecule has 6 fully saturated rings. The van der Waals surface area contributed by atoms with Crippen molar-refractivity contribution < 1.29 is 193 Å². The molecule has 3 amide bonds. The molecule has 34 atom stereocenters. The third kappa shape index (κ3) is 31.6. The van der Waals surface area contributed by atoms with Crippen LogP contribution in [0.15, 0.2) is 12.2 Å². The number of hydrogen-bond donors (Lipinski definition) is 24. The Morgan fingerprint density at radius 2 is 0.824 bits per heavy atom. The number of carbonyl (C=O) groups is 6. The number of Topliss-reactive ketones (excluding diaryl/α,β-unsaturated/α-hetero) is 1. The topological polar surface area (TPSA) is 674 Å². The molecular weight excluding hydrogens is 1660 g/mol. The molecule has 0 aromatic carbocycles. The first-order valence-corrected chi connectivity index (χ1v) is 44.4. The van der Waals surface area contributed by atoms with E-state index in [1.807, 2.05) is 0 Å². The van der Waals surface area contributed by atoms with Crippen LogP contribution in [0, 0.1) is 5.92 Å². The molecule has 6 saturated heterocycles. The number of rotatable bonds is 58. The Morgan fingerprint density at radius 3 is 1.26 bits per heavy atom. The lowest BCUT2D eigenvalue weighted by atomic mass is 9.86. The van der Waals surface area contributed by atoms with Gasteiger partial charge in [0.25, 0.3) is 11.6 Å². The quantitative estimate of drug-likeness (QED) is 0.0207. The summed E-state index contributed by atoms with van der Waals surface area (Å²) in [5, 5.41) is 245. The van der Waals surface area contributed by atoms with E-state index in [4.69, 9.17) is 56.8 Å². The Labute approximate surface area is 728 Å². The molecule has 0 aromatic heterocycles. The number of aliphatic carboxylic acids is 2. The summed E-state index contributed by atoms with van der Waals surface area (Å²) in [6.45, 7) is -0.650. The minimum atomic E-state index is -3.48. The van der Waals surface area contributed by atoms with E-state index in [0.717, 1.165) is 85.0 Å². The summed E-state index contributed by atoms with van der Waals surface area (Å²) in [6.07, 6.45) is -35.0. The van der Waals surface area contributed by atoms with Crippen molar-refractivity contribution in [3.63, 3.8) is 0 Å². The van der Waals surface area contributed by atoms with E-state index in [-0.39, 0.29) is 6.42 Å². The van der Waals surface area contributed by atoms with Gasteiger partial charge < -0.3 is 185 Å². The lowest BCUT2D eigenvalue weighted by Gasteiger charge is -2.53. The Kier molecular flexibility index (Phi) is 48.2. The molecule has 42 nitrogen and oxygen atoms in total. The van der Waals surface area contributed by atoms with Crippen molar-refractivity contribution in [1.82, 2.24) is 16.0 Å². The molecule has 42 heteroatoms. The molecule has 726 valence electrons. The highest BCUT2D eigenvalue weighted by Gasteiger charge is 2.64. The maximum Gasteiger partial charge on any atom is 0.364 e. The maximum atomic E-state index is 14.0. The number of nitrogens with one attached hydrogen (secondary N) is 3. The summed E-state index contributed by atoms with van der Waals surface area (Å²) in [7, 11) is 0. The van der Waals surface area contributed by atoms with Gasteiger partial charge in [-0.25, -0.2) is 9.59 Å². The van der Waals surface area contributed by atoms with Crippen molar-refractivity contribution in [2.24, 2.45) is 5.92 Å². The molecule has 6 aliphatic heterocycles. The zero-order valence-corrected chi connectivity index (χ0v) is 72.3. The second-order valence-corrected chi connectivity index (χ2v) is 33.9. The minimum absolute atomic E-state index is 0.0975. The highest BCUT2D eigenvalue weighted by atomic mass is 16.8. The van der Waals surface area contributed by atoms with Gasteiger partial charge in [-0.1, -0.05) is 167 Å². The molecule has 0 saturated carbocycles. The lowest BCUT2D eigenvalue weighted by Crippen LogP contribution is -2.71. The molecule has 125 heavy (non-hydrogen) atoms. The molecule has 6 aliphatic rings. The fourth-order valence-electron chi connectivity index (χ4n) is 16.8. The number of aliphatic hydroxyl groups is 19. The van der Waals surface area contributed by atoms with Crippen LogP contribution in [0.3, 0.4) is 0 Å². The van der Waals surface area contributed by atoms with Gasteiger partial charge in [-0.15, -0.1) is 0 Å². The van der Waals surface area contributed by atoms with E-state index in [9.17, 15) is 136 Å². The Bertz CT molecular complexity index is 3160. The third-order valence-electron chi connectivity index (χ3n) is 23.9. The molecule has 24 N–H and O–H groups in total. The van der Waals surface area contributed by atoms with Crippen LogP contribution in [-0.4, -0.2) is 390 Å². The van der Waals surface area contributed by atoms with Crippen LogP contribution in [0.4, 0.5) is 0 Å². The number of ether oxygens (including phenoxy) is 12. The van der Waals surface area contributed by atoms with Gasteiger partial charge in [0.05, 0.1) is 88.8 Å². The van der Waals surface area contributed by atoms with Gasteiger partial charge in [-0.3, -0.25) is 14.4 Å². The van der Waals surface area contributed by atoms with E-state index in [1.54, 1.807) is 6.08 Å². The SMILES string of the molecule is CCCCCCCCCCCCC/C=C/[C@@H](O)[C@H](CO[C@@H]1O[C@H](CO)[C@@H](O[C@@H]2O[C@H](CO)[C@H](O[C@@H]3O[C@H](CO)[C@H](O)[C@H](O[C@@H]4O[C@H](CO)[C@H](O)[C@H](O[C@]5(C(=O)O)C[C@H](O)[C@@H](NC(C)=O)C([C@H](O)[C@H](O)CO)O5)[C@H]4O)[C@H]3CC(C)=O)[C@H](O[C@]3(C(=O)O)C[C@H](O)[C@@H](NC(C)=O)C([C@H](O)[C@H](O)CO)O3)[C@H]2O)[C@H](O)[C@H]1O)NC(=O)CCCCCCCCCCCCCCC. The van der Waals surface area contributed by atoms with E-state index < -0.39 is 308 Å². The number of amides is 3. The second-order valence-electron chi connectivity index (χ2n) is 33.9. The monoisotopic (exact) mass is 1810 g/mol. The van der Waals surface area contributed by atoms with Crippen LogP contribution < -0.4 is 16.0 Å². The van der Waals surface area contributed by atoms with Crippen molar-refractivity contribution in [3.05, 3.63) is 12.2 Å². The number of hydrogen-bond acceptors (Lipinski definition) is 37. The van der Waals surface area contributed by atoms with Gasteiger partial charge in [0, 0.05) is 45.4 Å². The van der Waals surface area contributed by atoms with Gasteiger partial charge in [0.1, 0.15) is 128 Å². The van der Waals surface area contributed by atoms with Crippen LogP contribution in [0.2, 0.25) is 0 Å². The maximum absolute atomic E-state index is 14.0. The average Bonchev–Trinajstić information content (AvgIpc) is 0.749. The summed E-state index contributed by atoms with van der Waals surface area (Å²) in [5.41, 5.74) is 0. The zero-order chi connectivity index (χ0) is 92.4. The summed E-state index contributed by atoms with van der Waals surface area (Å²) >= 11 is 0. The van der Waals surface area contributed by atoms with Gasteiger partial charge >= 0.3 is 11.9 Å². The fourth-order valence-corrected chi connectivity index (χ4v) is 16.8. The number of ketones is 1. The van der Waals surface area contributed by atoms with Crippen molar-refractivity contribution in [2.75, 3.05) is 46.2 Å². The molecule has 6 heterocycles. The van der Waals surface area contributed by atoms with Crippen LogP contribution in [0.25, 0.3) is 0 Å². The lowest BCUT2D eigenvalue weighted by molar-refractivity contribution is -0.408. The van der Waals surface area contributed by atoms with Crippen LogP contribution >= 0.6 is 0 Å². The van der Waals surface area contributed by atoms with Crippen LogP contribution in [0.5, 0.6) is 0 Å². The molecule has 0 spiro atoms. The Balaban J connectivity index is 1.31. The highest BCUT2D eigenvalue weighted by Crippen LogP contribution is 2.44. The predicted octanol–water partition coefficient (Wildman–Crippen LogP) is -3.56. The second kappa shape index (κ2) is 55.1. The molecule has 6 rings (SSSR count). The molecule has 2 unspecified atom stereocenters. The summed E-state index contributed by atoms with van der Waals surface area (Å²) in [6, 6.07) is -4.77. The highest BCUT2D eigenvalue weighted by molar-refractivity contribution is 5.78. The van der Waals surface area contributed by atoms with Crippen LogP contribution in [-0.2, 0) is 85.6 Å². The van der Waals surface area contributed by atoms with Gasteiger partial charge in [0.15, 0.2) is 25.2 Å². The molecule has 0 aliphatic carbocycles. The van der Waals surface area contributed by atoms with Crippen LogP contribution in [0.1, 0.15) is 221 Å². The number of aliphatic hydroxyl groups excluding tert-OH is 19. The van der Waals surface area contributed by atoms with E-state index in [2.05, 4.69) is 29.8 Å². The average molecular weight is 1810 g/mol. The van der Waals surface area contributed by atoms with E-state index in [0.29, 0.717) is 12.8 Å². The summed E-state index contributed by atoms with van der Waals surface area (Å²) < 4.78 is 72.7. The predicted molar refractivity (Wildman–Crippen MR) is 432 cm³/mol. The zero-order valence-electron chi connectivity index (χ0n) is 72.3. The number of carbonyl (C=O) groups excluding carboxylic acids is 4. The summed E-state index contributed by atoms with van der Waals surface area (Å²) in [4.78, 5) is 79.6. The van der Waals surface area contributed by atoms with Gasteiger partial charge in [-0.2, -0.15) is 0 Å². The number of carboxylic acid groups (broad SMARTS) is 2. The standard InChI is InChI=1S/C83H145N3O39/c1-6-8-10-12-14-16-18-20-22-24-26-28-30-32-49(96)48(86-58(101)33-31-29-27-25-23-21-19-17-15-13-11-9-7-2)43-114-77-66(107)65(106)70(56(41-91)117-77)120-79-68(109)75(125-83(81(112)113)36-51(98)60(85-46(5)95)73(123-83)62(103)53(100)38-88)71(57(42-92)118-79)121-76-47(34-44(3)93)69(63(104)54(39-89)115-76)119-78-67(108)74(64(105)55(40-90)116-78)124-82(80(110)111)35-50(97)59(84-45(4)94)72(122-82)61(102)52(99)37-87/h30,32,47-57,59-79,87-92,96-100,102-109H,6-29,31,33-43H2,1-5H3,(H,84,94)(H,85,95)(H,86,101)(H,110,111)(H,112,113)/b32-30+/t47-,48+,49-,50+,51+,52-,53-,54-,55-,56-,57-,59-,60-,61-,62-,63+,64+,65-,66-,67-,68-,69-,70-,71+,72?,73?,74+,75-,76+,77-,78+,79+,82+,83+/m1/s1. The minimum Gasteiger partial charge on any atom is -0.477 e. The largest absolute Gasteiger partial charge is 0.477 e. The van der Waals surface area contributed by atoms with Crippen molar-refractivity contribution in [1.29, 1.82) is 0 Å². The van der Waals surface area contributed by atoms with Gasteiger partial charge in [0.2, 0.25) is 17.7 Å². The molecule has 0 radical (unpaired) electrons. The number of allylic oxidation sites excluding steroid dienone is 1. The van der Waals surface area contributed by atoms with Gasteiger partial charge in [-0.05, 0) is 26.2 Å². The first-order chi connectivity index (χ1) is 59.6.